The van der Waals surface area contributed by atoms with Gasteiger partial charge in [-0.3, -0.25) is 0 Å². The average Bonchev–Trinajstić information content (AvgIpc) is 2.31. The molecule has 0 nitrogen and oxygen atoms in total. The van der Waals surface area contributed by atoms with Gasteiger partial charge >= 0.3 is 0 Å². The van der Waals surface area contributed by atoms with Gasteiger partial charge in [-0.2, -0.15) is 0 Å². The summed E-state index contributed by atoms with van der Waals surface area (Å²) in [7, 11) is 0. The van der Waals surface area contributed by atoms with Gasteiger partial charge in [0.15, 0.2) is 0 Å². The van der Waals surface area contributed by atoms with Gasteiger partial charge in [-0.15, -0.1) is 11.3 Å². The molecule has 1 aromatic heterocycles. The van der Waals surface area contributed by atoms with Crippen molar-refractivity contribution in [2.75, 3.05) is 0 Å². The van der Waals surface area contributed by atoms with Crippen molar-refractivity contribution in [1.29, 1.82) is 0 Å². The molecular formula is C8H3BrF2S. The second kappa shape index (κ2) is 2.78. The van der Waals surface area contributed by atoms with Crippen LogP contribution < -0.4 is 0 Å². The molecule has 0 bridgehead atoms. The van der Waals surface area contributed by atoms with Crippen molar-refractivity contribution in [2.45, 2.75) is 0 Å². The number of halogens is 3. The standard InChI is InChI=1S/C8H3BrF2S/c9-4-1-5(10)8-6(11)3-12-7(8)2-4/h1-3H. The average molecular weight is 249 g/mol. The monoisotopic (exact) mass is 248 g/mol. The highest BCUT2D eigenvalue weighted by molar-refractivity contribution is 9.10. The lowest BCUT2D eigenvalue weighted by molar-refractivity contribution is 0.611. The molecule has 0 spiro atoms. The molecule has 1 heterocycles. The molecule has 0 fully saturated rings. The number of fused-ring (bicyclic) bond motifs is 1. The van der Waals surface area contributed by atoms with Crippen LogP contribution in [-0.2, 0) is 0 Å². The number of rotatable bonds is 0. The van der Waals surface area contributed by atoms with Gasteiger partial charge < -0.3 is 0 Å². The highest BCUT2D eigenvalue weighted by Gasteiger charge is 2.09. The zero-order chi connectivity index (χ0) is 8.72. The van der Waals surface area contributed by atoms with E-state index >= 15 is 0 Å². The molecule has 2 rings (SSSR count). The van der Waals surface area contributed by atoms with Gasteiger partial charge in [0.25, 0.3) is 0 Å². The molecule has 0 aliphatic carbocycles. The normalized spacial score (nSPS) is 10.9. The lowest BCUT2D eigenvalue weighted by Crippen LogP contribution is -1.77. The lowest BCUT2D eigenvalue weighted by Gasteiger charge is -1.93. The van der Waals surface area contributed by atoms with Crippen molar-refractivity contribution in [3.63, 3.8) is 0 Å². The molecule has 2 aromatic rings. The van der Waals surface area contributed by atoms with Crippen LogP contribution in [-0.4, -0.2) is 0 Å². The Morgan fingerprint density at radius 2 is 1.92 bits per heavy atom. The van der Waals surface area contributed by atoms with Gasteiger partial charge in [0.2, 0.25) is 0 Å². The maximum absolute atomic E-state index is 13.1. The predicted molar refractivity (Wildman–Crippen MR) is 49.4 cm³/mol. The molecule has 1 aromatic carbocycles. The van der Waals surface area contributed by atoms with E-state index in [1.807, 2.05) is 0 Å². The summed E-state index contributed by atoms with van der Waals surface area (Å²) in [5, 5.41) is 1.39. The molecule has 0 saturated carbocycles. The van der Waals surface area contributed by atoms with Crippen LogP contribution in [0, 0.1) is 11.6 Å². The van der Waals surface area contributed by atoms with Crippen LogP contribution in [0.5, 0.6) is 0 Å². The minimum atomic E-state index is -0.516. The molecule has 0 N–H and O–H groups in total. The zero-order valence-electron chi connectivity index (χ0n) is 5.77. The SMILES string of the molecule is Fc1csc2cc(Br)cc(F)c12. The van der Waals surface area contributed by atoms with Gasteiger partial charge in [0.05, 0.1) is 5.39 Å². The van der Waals surface area contributed by atoms with E-state index in [1.54, 1.807) is 6.07 Å². The molecule has 12 heavy (non-hydrogen) atoms. The van der Waals surface area contributed by atoms with E-state index in [1.165, 1.54) is 22.8 Å². The van der Waals surface area contributed by atoms with Gasteiger partial charge in [0, 0.05) is 14.6 Å². The molecule has 0 unspecified atom stereocenters. The van der Waals surface area contributed by atoms with E-state index in [-0.39, 0.29) is 5.39 Å². The molecule has 62 valence electrons. The Kier molecular flexibility index (Phi) is 1.88. The molecule has 0 aliphatic heterocycles. The summed E-state index contributed by atoms with van der Waals surface area (Å²) in [6.45, 7) is 0. The number of thiophene rings is 1. The van der Waals surface area contributed by atoms with Crippen molar-refractivity contribution in [2.24, 2.45) is 0 Å². The Bertz CT molecular complexity index is 436. The summed E-state index contributed by atoms with van der Waals surface area (Å²) in [5.74, 6) is -1.00. The topological polar surface area (TPSA) is 0 Å². The molecule has 0 radical (unpaired) electrons. The van der Waals surface area contributed by atoms with E-state index < -0.39 is 11.6 Å². The Balaban J connectivity index is 2.93. The van der Waals surface area contributed by atoms with Crippen LogP contribution in [0.2, 0.25) is 0 Å². The molecule has 0 amide bonds. The number of benzene rings is 1. The van der Waals surface area contributed by atoms with Gasteiger partial charge in [-0.25, -0.2) is 8.78 Å². The summed E-state index contributed by atoms with van der Waals surface area (Å²) in [4.78, 5) is 0. The van der Waals surface area contributed by atoms with E-state index in [2.05, 4.69) is 15.9 Å². The quantitative estimate of drug-likeness (QED) is 0.663. The third-order valence-electron chi connectivity index (χ3n) is 1.55. The predicted octanol–water partition coefficient (Wildman–Crippen LogP) is 3.94. The summed E-state index contributed by atoms with van der Waals surface area (Å²) < 4.78 is 27.2. The molecule has 0 saturated heterocycles. The van der Waals surface area contributed by atoms with Crippen molar-refractivity contribution >= 4 is 37.4 Å². The Morgan fingerprint density at radius 3 is 2.67 bits per heavy atom. The minimum absolute atomic E-state index is 0.0863. The number of hydrogen-bond donors (Lipinski definition) is 0. The van der Waals surface area contributed by atoms with Crippen LogP contribution in [0.4, 0.5) is 8.78 Å². The highest BCUT2D eigenvalue weighted by atomic mass is 79.9. The van der Waals surface area contributed by atoms with Gasteiger partial charge in [0.1, 0.15) is 11.6 Å². The summed E-state index contributed by atoms with van der Waals surface area (Å²) in [6, 6.07) is 2.96. The Hall–Kier alpha value is -0.480. The first-order chi connectivity index (χ1) is 5.68. The fourth-order valence-corrected chi connectivity index (χ4v) is 2.49. The first kappa shape index (κ1) is 8.13. The van der Waals surface area contributed by atoms with Crippen molar-refractivity contribution in [1.82, 2.24) is 0 Å². The first-order valence-electron chi connectivity index (χ1n) is 3.20. The maximum atomic E-state index is 13.1. The number of hydrogen-bond acceptors (Lipinski definition) is 1. The van der Waals surface area contributed by atoms with Crippen molar-refractivity contribution in [3.05, 3.63) is 33.6 Å². The van der Waals surface area contributed by atoms with Crippen LogP contribution in [0.25, 0.3) is 10.1 Å². The van der Waals surface area contributed by atoms with Crippen LogP contribution in [0.3, 0.4) is 0 Å². The zero-order valence-corrected chi connectivity index (χ0v) is 8.18. The Morgan fingerprint density at radius 1 is 1.17 bits per heavy atom. The van der Waals surface area contributed by atoms with E-state index in [0.717, 1.165) is 0 Å². The molecule has 4 heteroatoms. The largest absolute Gasteiger partial charge is 0.206 e. The third-order valence-corrected chi connectivity index (χ3v) is 2.91. The van der Waals surface area contributed by atoms with Crippen LogP contribution >= 0.6 is 27.3 Å². The minimum Gasteiger partial charge on any atom is -0.206 e. The van der Waals surface area contributed by atoms with Crippen LogP contribution in [0.1, 0.15) is 0 Å². The second-order valence-electron chi connectivity index (χ2n) is 2.34. The molecular weight excluding hydrogens is 246 g/mol. The van der Waals surface area contributed by atoms with E-state index in [0.29, 0.717) is 9.17 Å². The lowest BCUT2D eigenvalue weighted by atomic mass is 10.2. The first-order valence-corrected chi connectivity index (χ1v) is 4.87. The summed E-state index contributed by atoms with van der Waals surface area (Å²) in [6.07, 6.45) is 0. The van der Waals surface area contributed by atoms with E-state index in [4.69, 9.17) is 0 Å². The van der Waals surface area contributed by atoms with Crippen molar-refractivity contribution in [3.8, 4) is 0 Å². The summed E-state index contributed by atoms with van der Waals surface area (Å²) in [5.41, 5.74) is 0. The van der Waals surface area contributed by atoms with E-state index in [9.17, 15) is 8.78 Å². The molecule has 0 aliphatic rings. The van der Waals surface area contributed by atoms with Crippen LogP contribution in [0.15, 0.2) is 22.0 Å². The maximum Gasteiger partial charge on any atom is 0.144 e. The van der Waals surface area contributed by atoms with Gasteiger partial charge in [-0.05, 0) is 12.1 Å². The third kappa shape index (κ3) is 1.15. The highest BCUT2D eigenvalue weighted by Crippen LogP contribution is 2.30. The van der Waals surface area contributed by atoms with Gasteiger partial charge in [-0.1, -0.05) is 15.9 Å². The fourth-order valence-electron chi connectivity index (χ4n) is 1.05. The van der Waals surface area contributed by atoms with Crippen molar-refractivity contribution < 1.29 is 8.78 Å². The molecule has 0 atom stereocenters. The summed E-state index contributed by atoms with van der Waals surface area (Å²) >= 11 is 4.33. The fraction of sp³-hybridized carbons (Fsp3) is 0. The second-order valence-corrected chi connectivity index (χ2v) is 4.17. The smallest absolute Gasteiger partial charge is 0.144 e. The Labute approximate surface area is 80.0 Å².